The molecule has 0 fully saturated rings. The number of fused-ring (bicyclic) bond motifs is 2. The molecule has 0 atom stereocenters. The molecule has 0 radical (unpaired) electrons. The molecule has 0 aliphatic carbocycles. The maximum Gasteiger partial charge on any atom is 0.261 e. The minimum atomic E-state index is -0.760. The SMILES string of the molecule is COc1cc(-c2nc3ccccc3c(=O)n2CCCCn2cc(COc3cc(-c4oc5cc(O)cc(OC)c5c(=O)c4O)ccc3O)nn2)ccc1O. The topological polar surface area (TPSA) is 204 Å². The molecule has 0 unspecified atom stereocenters. The number of benzene rings is 4. The number of unbranched alkanes of at least 4 members (excludes halogenated alkanes) is 1. The van der Waals surface area contributed by atoms with Crippen molar-refractivity contribution >= 4 is 21.9 Å². The van der Waals surface area contributed by atoms with E-state index in [0.717, 1.165) is 0 Å². The highest BCUT2D eigenvalue weighted by Gasteiger charge is 2.21. The summed E-state index contributed by atoms with van der Waals surface area (Å²) in [4.78, 5) is 31.4. The van der Waals surface area contributed by atoms with Crippen LogP contribution in [0, 0.1) is 0 Å². The summed E-state index contributed by atoms with van der Waals surface area (Å²) in [5.74, 6) is -0.497. The highest BCUT2D eigenvalue weighted by Crippen LogP contribution is 2.39. The maximum absolute atomic E-state index is 13.6. The lowest BCUT2D eigenvalue weighted by Crippen LogP contribution is -2.24. The number of aryl methyl sites for hydroxylation is 1. The van der Waals surface area contributed by atoms with Crippen LogP contribution >= 0.6 is 0 Å². The van der Waals surface area contributed by atoms with Crippen molar-refractivity contribution in [3.05, 3.63) is 105 Å². The van der Waals surface area contributed by atoms with E-state index in [1.165, 1.54) is 50.6 Å². The van der Waals surface area contributed by atoms with Crippen LogP contribution in [0.1, 0.15) is 18.5 Å². The third kappa shape index (κ3) is 6.74. The Morgan fingerprint density at radius 3 is 2.30 bits per heavy atom. The van der Waals surface area contributed by atoms with Crippen molar-refractivity contribution in [3.63, 3.8) is 0 Å². The van der Waals surface area contributed by atoms with Gasteiger partial charge in [-0.1, -0.05) is 17.3 Å². The number of aromatic hydroxyl groups is 4. The van der Waals surface area contributed by atoms with Gasteiger partial charge in [-0.2, -0.15) is 0 Å². The highest BCUT2D eigenvalue weighted by molar-refractivity contribution is 5.88. The van der Waals surface area contributed by atoms with Crippen molar-refractivity contribution in [2.75, 3.05) is 14.2 Å². The van der Waals surface area contributed by atoms with E-state index in [9.17, 15) is 30.0 Å². The first-order valence-corrected chi connectivity index (χ1v) is 16.4. The Labute approximate surface area is 300 Å². The van der Waals surface area contributed by atoms with Crippen LogP contribution in [0.25, 0.3) is 44.6 Å². The smallest absolute Gasteiger partial charge is 0.261 e. The summed E-state index contributed by atoms with van der Waals surface area (Å²) in [6.45, 7) is 0.802. The molecule has 7 rings (SSSR count). The van der Waals surface area contributed by atoms with Crippen LogP contribution in [0.15, 0.2) is 93.0 Å². The number of para-hydroxylation sites is 1. The minimum absolute atomic E-state index is 0.00810. The summed E-state index contributed by atoms with van der Waals surface area (Å²) >= 11 is 0. The standard InChI is InChI=1S/C38H33N5O10/c1-50-29-16-22(10-12-27(29)45)37-39-26-8-4-3-7-25(26)38(49)43(37)14-6-5-13-42-19-23(40-41-42)20-52-30-15-21(9-11-28(30)46)36-35(48)34(47)33-31(51-2)17-24(44)18-32(33)53-36/h3-4,7-12,15-19,44-46,48H,5-6,13-14,20H2,1-2H3. The molecule has 4 N–H and O–H groups in total. The van der Waals surface area contributed by atoms with Crippen LogP contribution in [-0.2, 0) is 19.7 Å². The molecule has 0 aliphatic heterocycles. The number of methoxy groups -OCH3 is 2. The average Bonchev–Trinajstić information content (AvgIpc) is 3.62. The molecule has 53 heavy (non-hydrogen) atoms. The lowest BCUT2D eigenvalue weighted by Gasteiger charge is -2.15. The number of hydrogen-bond donors (Lipinski definition) is 4. The number of rotatable bonds is 12. The van der Waals surface area contributed by atoms with Crippen LogP contribution in [0.3, 0.4) is 0 Å². The first kappa shape index (κ1) is 34.4. The van der Waals surface area contributed by atoms with E-state index in [2.05, 4.69) is 10.3 Å². The van der Waals surface area contributed by atoms with Crippen LogP contribution in [0.2, 0.25) is 0 Å². The van der Waals surface area contributed by atoms with Gasteiger partial charge in [-0.15, -0.1) is 5.10 Å². The largest absolute Gasteiger partial charge is 0.508 e. The fraction of sp³-hybridized carbons (Fsp3) is 0.184. The second-order valence-electron chi connectivity index (χ2n) is 12.1. The van der Waals surface area contributed by atoms with E-state index >= 15 is 0 Å². The second-order valence-corrected chi connectivity index (χ2v) is 12.1. The first-order valence-electron chi connectivity index (χ1n) is 16.4. The molecule has 3 heterocycles. The van der Waals surface area contributed by atoms with Gasteiger partial charge >= 0.3 is 0 Å². The Hall–Kier alpha value is -7.03. The Kier molecular flexibility index (Phi) is 9.29. The third-order valence-corrected chi connectivity index (χ3v) is 8.64. The molecule has 3 aromatic heterocycles. The van der Waals surface area contributed by atoms with E-state index in [-0.39, 0.29) is 69.0 Å². The number of hydrogen-bond acceptors (Lipinski definition) is 13. The summed E-state index contributed by atoms with van der Waals surface area (Å²) < 4.78 is 25.3. The van der Waals surface area contributed by atoms with Crippen molar-refractivity contribution in [1.82, 2.24) is 24.5 Å². The summed E-state index contributed by atoms with van der Waals surface area (Å²) in [5.41, 5.74) is 0.941. The molecule has 0 aliphatic rings. The molecular weight excluding hydrogens is 686 g/mol. The van der Waals surface area contributed by atoms with E-state index in [4.69, 9.17) is 23.6 Å². The van der Waals surface area contributed by atoms with Crippen molar-refractivity contribution in [1.29, 1.82) is 0 Å². The summed E-state index contributed by atoms with van der Waals surface area (Å²) in [5, 5.41) is 50.2. The molecule has 7 aromatic rings. The Morgan fingerprint density at radius 1 is 0.792 bits per heavy atom. The molecule has 0 saturated heterocycles. The monoisotopic (exact) mass is 719 g/mol. The van der Waals surface area contributed by atoms with Gasteiger partial charge in [-0.25, -0.2) is 4.98 Å². The van der Waals surface area contributed by atoms with Gasteiger partial charge in [-0.3, -0.25) is 18.8 Å². The zero-order chi connectivity index (χ0) is 37.2. The highest BCUT2D eigenvalue weighted by atomic mass is 16.5. The zero-order valence-electron chi connectivity index (χ0n) is 28.5. The van der Waals surface area contributed by atoms with Gasteiger partial charge in [0.15, 0.2) is 28.8 Å². The van der Waals surface area contributed by atoms with Crippen molar-refractivity contribution in [2.24, 2.45) is 0 Å². The summed E-state index contributed by atoms with van der Waals surface area (Å²) in [6, 6.07) is 18.6. The minimum Gasteiger partial charge on any atom is -0.508 e. The van der Waals surface area contributed by atoms with Crippen molar-refractivity contribution in [3.8, 4) is 63.0 Å². The Bertz CT molecular complexity index is 2610. The number of phenols is 3. The molecule has 0 spiro atoms. The van der Waals surface area contributed by atoms with Gasteiger partial charge in [0, 0.05) is 36.3 Å². The van der Waals surface area contributed by atoms with Gasteiger partial charge in [0.05, 0.1) is 31.3 Å². The molecule has 0 bridgehead atoms. The van der Waals surface area contributed by atoms with E-state index in [1.807, 2.05) is 6.07 Å². The Morgan fingerprint density at radius 2 is 1.51 bits per heavy atom. The van der Waals surface area contributed by atoms with Gasteiger partial charge in [0.1, 0.15) is 40.6 Å². The molecule has 15 nitrogen and oxygen atoms in total. The zero-order valence-corrected chi connectivity index (χ0v) is 28.5. The van der Waals surface area contributed by atoms with Crippen molar-refractivity contribution < 1.29 is 39.1 Å². The molecule has 0 saturated carbocycles. The van der Waals surface area contributed by atoms with Gasteiger partial charge in [-0.05, 0) is 61.4 Å². The van der Waals surface area contributed by atoms with E-state index < -0.39 is 11.2 Å². The quantitative estimate of drug-likeness (QED) is 0.118. The maximum atomic E-state index is 13.6. The molecular formula is C38H33N5O10. The molecule has 270 valence electrons. The lowest BCUT2D eigenvalue weighted by molar-refractivity contribution is 0.285. The lowest BCUT2D eigenvalue weighted by atomic mass is 10.1. The van der Waals surface area contributed by atoms with Gasteiger partial charge < -0.3 is 39.1 Å². The van der Waals surface area contributed by atoms with E-state index in [0.29, 0.717) is 53.9 Å². The average molecular weight is 720 g/mol. The first-order chi connectivity index (χ1) is 25.6. The molecule has 15 heteroatoms. The van der Waals surface area contributed by atoms with Crippen LogP contribution in [0.5, 0.6) is 40.2 Å². The third-order valence-electron chi connectivity index (χ3n) is 8.64. The fourth-order valence-corrected chi connectivity index (χ4v) is 6.01. The number of ether oxygens (including phenoxy) is 3. The van der Waals surface area contributed by atoms with Crippen LogP contribution < -0.4 is 25.2 Å². The fourth-order valence-electron chi connectivity index (χ4n) is 6.01. The number of nitrogens with zero attached hydrogens (tertiary/aromatic N) is 5. The predicted octanol–water partition coefficient (Wildman–Crippen LogP) is 5.33. The van der Waals surface area contributed by atoms with Crippen LogP contribution in [0.4, 0.5) is 0 Å². The number of aromatic nitrogens is 5. The van der Waals surface area contributed by atoms with E-state index in [1.54, 1.807) is 45.8 Å². The second kappa shape index (κ2) is 14.3. The van der Waals surface area contributed by atoms with Gasteiger partial charge in [0.25, 0.3) is 5.56 Å². The van der Waals surface area contributed by atoms with Crippen molar-refractivity contribution in [2.45, 2.75) is 32.5 Å². The van der Waals surface area contributed by atoms with Crippen LogP contribution in [-0.4, -0.2) is 59.2 Å². The Balaban J connectivity index is 1.03. The normalized spacial score (nSPS) is 11.3. The molecule has 0 amide bonds. The predicted molar refractivity (Wildman–Crippen MR) is 193 cm³/mol. The van der Waals surface area contributed by atoms with Gasteiger partial charge in [0.2, 0.25) is 11.2 Å². The summed E-state index contributed by atoms with van der Waals surface area (Å²) in [7, 11) is 2.78. The number of phenolic OH excluding ortho intramolecular Hbond substituents is 3. The summed E-state index contributed by atoms with van der Waals surface area (Å²) in [6.07, 6.45) is 2.96. The molecule has 4 aromatic carbocycles.